The Hall–Kier alpha value is -1.06. The zero-order chi connectivity index (χ0) is 13.0. The van der Waals surface area contributed by atoms with Gasteiger partial charge in [-0.1, -0.05) is 12.1 Å². The lowest BCUT2D eigenvalue weighted by molar-refractivity contribution is 0.0843. The van der Waals surface area contributed by atoms with E-state index >= 15 is 0 Å². The number of nitrogens with two attached hydrogens (primary N) is 1. The summed E-state index contributed by atoms with van der Waals surface area (Å²) in [4.78, 5) is 2.51. The molecule has 2 N–H and O–H groups in total. The minimum Gasteiger partial charge on any atom is -0.490 e. The van der Waals surface area contributed by atoms with Gasteiger partial charge in [-0.2, -0.15) is 0 Å². The molecule has 1 aromatic rings. The van der Waals surface area contributed by atoms with Crippen molar-refractivity contribution in [2.75, 3.05) is 13.1 Å². The smallest absolute Gasteiger partial charge is 0.120 e. The van der Waals surface area contributed by atoms with Gasteiger partial charge in [-0.3, -0.25) is 0 Å². The molecule has 0 amide bonds. The van der Waals surface area contributed by atoms with Crippen molar-refractivity contribution >= 4 is 0 Å². The molecule has 0 radical (unpaired) electrons. The third kappa shape index (κ3) is 3.47. The summed E-state index contributed by atoms with van der Waals surface area (Å²) in [6.07, 6.45) is 2.59. The fourth-order valence-corrected chi connectivity index (χ4v) is 2.45. The lowest BCUT2D eigenvalue weighted by Crippen LogP contribution is -2.41. The van der Waals surface area contributed by atoms with Gasteiger partial charge in [-0.15, -0.1) is 0 Å². The SMILES string of the molecule is CC(C)N1CCC(Oc2cccc(CN)c2)CC1. The minimum atomic E-state index is 0.355. The van der Waals surface area contributed by atoms with E-state index in [0.717, 1.165) is 37.2 Å². The molecule has 1 aromatic carbocycles. The Balaban J connectivity index is 1.87. The Kier molecular flexibility index (Phi) is 4.61. The molecule has 1 heterocycles. The van der Waals surface area contributed by atoms with Crippen LogP contribution in [-0.4, -0.2) is 30.1 Å². The Labute approximate surface area is 110 Å². The van der Waals surface area contributed by atoms with Gasteiger partial charge in [0.15, 0.2) is 0 Å². The first-order chi connectivity index (χ1) is 8.69. The molecule has 0 saturated carbocycles. The highest BCUT2D eigenvalue weighted by atomic mass is 16.5. The molecule has 0 bridgehead atoms. The maximum absolute atomic E-state index is 6.04. The van der Waals surface area contributed by atoms with Crippen LogP contribution in [0, 0.1) is 0 Å². The second-order valence-electron chi connectivity index (χ2n) is 5.30. The molecule has 3 nitrogen and oxygen atoms in total. The zero-order valence-corrected chi connectivity index (χ0v) is 11.4. The van der Waals surface area contributed by atoms with Crippen molar-refractivity contribution in [2.24, 2.45) is 5.73 Å². The van der Waals surface area contributed by atoms with E-state index in [9.17, 15) is 0 Å². The quantitative estimate of drug-likeness (QED) is 0.889. The van der Waals surface area contributed by atoms with Crippen LogP contribution < -0.4 is 10.5 Å². The van der Waals surface area contributed by atoms with Gasteiger partial charge in [-0.05, 0) is 44.4 Å². The van der Waals surface area contributed by atoms with E-state index in [-0.39, 0.29) is 0 Å². The lowest BCUT2D eigenvalue weighted by Gasteiger charge is -2.34. The molecule has 18 heavy (non-hydrogen) atoms. The van der Waals surface area contributed by atoms with Gasteiger partial charge in [-0.25, -0.2) is 0 Å². The number of benzene rings is 1. The van der Waals surface area contributed by atoms with Crippen LogP contribution >= 0.6 is 0 Å². The number of rotatable bonds is 4. The van der Waals surface area contributed by atoms with Crippen molar-refractivity contribution in [2.45, 2.75) is 45.4 Å². The summed E-state index contributed by atoms with van der Waals surface area (Å²) in [5.41, 5.74) is 6.77. The van der Waals surface area contributed by atoms with Crippen molar-refractivity contribution in [3.05, 3.63) is 29.8 Å². The summed E-state index contributed by atoms with van der Waals surface area (Å²) in [7, 11) is 0. The van der Waals surface area contributed by atoms with Crippen LogP contribution in [-0.2, 0) is 6.54 Å². The van der Waals surface area contributed by atoms with Gasteiger partial charge in [0, 0.05) is 25.7 Å². The summed E-state index contributed by atoms with van der Waals surface area (Å²) in [5, 5.41) is 0. The highest BCUT2D eigenvalue weighted by molar-refractivity contribution is 5.28. The van der Waals surface area contributed by atoms with Crippen LogP contribution in [0.2, 0.25) is 0 Å². The van der Waals surface area contributed by atoms with Crippen LogP contribution in [0.3, 0.4) is 0 Å². The van der Waals surface area contributed by atoms with Gasteiger partial charge in [0.2, 0.25) is 0 Å². The van der Waals surface area contributed by atoms with Gasteiger partial charge < -0.3 is 15.4 Å². The summed E-state index contributed by atoms with van der Waals surface area (Å²) in [5.74, 6) is 0.959. The van der Waals surface area contributed by atoms with E-state index in [1.807, 2.05) is 18.2 Å². The summed E-state index contributed by atoms with van der Waals surface area (Å²) >= 11 is 0. The van der Waals surface area contributed by atoms with Crippen LogP contribution in [0.4, 0.5) is 0 Å². The van der Waals surface area contributed by atoms with Crippen molar-refractivity contribution in [1.29, 1.82) is 0 Å². The zero-order valence-electron chi connectivity index (χ0n) is 11.4. The topological polar surface area (TPSA) is 38.5 Å². The van der Waals surface area contributed by atoms with Gasteiger partial charge >= 0.3 is 0 Å². The molecule has 0 unspecified atom stereocenters. The molecule has 1 fully saturated rings. The third-order valence-corrected chi connectivity index (χ3v) is 3.64. The predicted molar refractivity (Wildman–Crippen MR) is 74.7 cm³/mol. The van der Waals surface area contributed by atoms with E-state index in [4.69, 9.17) is 10.5 Å². The van der Waals surface area contributed by atoms with E-state index in [2.05, 4.69) is 24.8 Å². The maximum atomic E-state index is 6.04. The van der Waals surface area contributed by atoms with Gasteiger partial charge in [0.1, 0.15) is 11.9 Å². The average Bonchev–Trinajstić information content (AvgIpc) is 2.39. The second-order valence-corrected chi connectivity index (χ2v) is 5.30. The number of hydrogen-bond donors (Lipinski definition) is 1. The highest BCUT2D eigenvalue weighted by Gasteiger charge is 2.21. The van der Waals surface area contributed by atoms with Crippen LogP contribution in [0.5, 0.6) is 5.75 Å². The number of ether oxygens (including phenoxy) is 1. The van der Waals surface area contributed by atoms with E-state index in [1.54, 1.807) is 0 Å². The molecule has 0 atom stereocenters. The molecular formula is C15H24N2O. The molecule has 1 aliphatic heterocycles. The number of likely N-dealkylation sites (tertiary alicyclic amines) is 1. The third-order valence-electron chi connectivity index (χ3n) is 3.64. The molecule has 1 saturated heterocycles. The standard InChI is InChI=1S/C15H24N2O/c1-12(2)17-8-6-14(7-9-17)18-15-5-3-4-13(10-15)11-16/h3-5,10,12,14H,6-9,11,16H2,1-2H3. The summed E-state index contributed by atoms with van der Waals surface area (Å²) in [6, 6.07) is 8.77. The van der Waals surface area contributed by atoms with Crippen molar-refractivity contribution in [3.63, 3.8) is 0 Å². The lowest BCUT2D eigenvalue weighted by atomic mass is 10.1. The molecule has 3 heteroatoms. The van der Waals surface area contributed by atoms with Crippen LogP contribution in [0.25, 0.3) is 0 Å². The molecular weight excluding hydrogens is 224 g/mol. The van der Waals surface area contributed by atoms with Crippen molar-refractivity contribution < 1.29 is 4.74 Å². The van der Waals surface area contributed by atoms with Crippen molar-refractivity contribution in [3.8, 4) is 5.75 Å². The summed E-state index contributed by atoms with van der Waals surface area (Å²) in [6.45, 7) is 7.36. The molecule has 0 spiro atoms. The fraction of sp³-hybridized carbons (Fsp3) is 0.600. The fourth-order valence-electron chi connectivity index (χ4n) is 2.45. The van der Waals surface area contributed by atoms with E-state index in [0.29, 0.717) is 18.7 Å². The first kappa shape index (κ1) is 13.4. The minimum absolute atomic E-state index is 0.355. The predicted octanol–water partition coefficient (Wildman–Crippen LogP) is 2.40. The molecule has 100 valence electrons. The number of hydrogen-bond acceptors (Lipinski definition) is 3. The van der Waals surface area contributed by atoms with Gasteiger partial charge in [0.05, 0.1) is 0 Å². The highest BCUT2D eigenvalue weighted by Crippen LogP contribution is 2.20. The Morgan fingerprint density at radius 3 is 2.67 bits per heavy atom. The first-order valence-corrected chi connectivity index (χ1v) is 6.88. The second kappa shape index (κ2) is 6.21. The molecule has 0 aromatic heterocycles. The van der Waals surface area contributed by atoms with E-state index in [1.165, 1.54) is 0 Å². The first-order valence-electron chi connectivity index (χ1n) is 6.88. The number of nitrogens with zero attached hydrogens (tertiary/aromatic N) is 1. The number of piperidine rings is 1. The Morgan fingerprint density at radius 2 is 2.06 bits per heavy atom. The van der Waals surface area contributed by atoms with E-state index < -0.39 is 0 Å². The normalized spacial score (nSPS) is 18.2. The Bertz CT molecular complexity index is 371. The average molecular weight is 248 g/mol. The van der Waals surface area contributed by atoms with Gasteiger partial charge in [0.25, 0.3) is 0 Å². The van der Waals surface area contributed by atoms with Crippen LogP contribution in [0.15, 0.2) is 24.3 Å². The summed E-state index contributed by atoms with van der Waals surface area (Å²) < 4.78 is 6.04. The Morgan fingerprint density at radius 1 is 1.33 bits per heavy atom. The largest absolute Gasteiger partial charge is 0.490 e. The maximum Gasteiger partial charge on any atom is 0.120 e. The molecule has 1 aliphatic rings. The molecule has 0 aliphatic carbocycles. The van der Waals surface area contributed by atoms with Crippen LogP contribution in [0.1, 0.15) is 32.3 Å². The monoisotopic (exact) mass is 248 g/mol. The van der Waals surface area contributed by atoms with Crippen molar-refractivity contribution in [1.82, 2.24) is 4.90 Å². The molecule has 2 rings (SSSR count).